The van der Waals surface area contributed by atoms with E-state index in [1.165, 1.54) is 11.3 Å². The summed E-state index contributed by atoms with van der Waals surface area (Å²) in [6.45, 7) is 9.20. The van der Waals surface area contributed by atoms with Crippen LogP contribution in [0, 0.1) is 12.3 Å². The van der Waals surface area contributed by atoms with Gasteiger partial charge in [-0.3, -0.25) is 9.69 Å². The van der Waals surface area contributed by atoms with Crippen LogP contribution in [0.4, 0.5) is 5.69 Å². The number of aliphatic carboxylic acids is 1. The third-order valence-corrected chi connectivity index (χ3v) is 6.46. The molecule has 31 heavy (non-hydrogen) atoms. The summed E-state index contributed by atoms with van der Waals surface area (Å²) in [7, 11) is 0. The molecule has 2 aromatic rings. The van der Waals surface area contributed by atoms with Crippen molar-refractivity contribution >= 4 is 65.2 Å². The Morgan fingerprint density at radius 1 is 1.23 bits per heavy atom. The Balaban J connectivity index is 0.00000171. The quantitative estimate of drug-likeness (QED) is 0.598. The first-order chi connectivity index (χ1) is 13.7. The van der Waals surface area contributed by atoms with Gasteiger partial charge in [-0.05, 0) is 44.5 Å². The van der Waals surface area contributed by atoms with Crippen LogP contribution in [0.3, 0.4) is 0 Å². The number of thiophene rings is 1. The summed E-state index contributed by atoms with van der Waals surface area (Å²) >= 11 is 7.71. The SMILES string of the molecule is Cc1ccc2c(c1)Oc1sc(Cl)cc1C(N1CCN(CC(C)(C)C(=O)O)CC1)=N2.Cl.Cl. The lowest BCUT2D eigenvalue weighted by atomic mass is 9.93. The minimum absolute atomic E-state index is 0. The third-order valence-electron chi connectivity index (χ3n) is 5.32. The van der Waals surface area contributed by atoms with Crippen LogP contribution in [0.2, 0.25) is 4.34 Å². The average molecular weight is 507 g/mol. The van der Waals surface area contributed by atoms with E-state index in [-0.39, 0.29) is 24.8 Å². The number of benzene rings is 1. The Labute approximate surface area is 203 Å². The zero-order valence-corrected chi connectivity index (χ0v) is 20.8. The second-order valence-electron chi connectivity index (χ2n) is 8.21. The number of amidine groups is 1. The molecule has 4 rings (SSSR count). The first-order valence-electron chi connectivity index (χ1n) is 9.60. The Hall–Kier alpha value is -1.51. The molecule has 0 radical (unpaired) electrons. The minimum Gasteiger partial charge on any atom is -0.481 e. The highest BCUT2D eigenvalue weighted by Crippen LogP contribution is 2.44. The maximum atomic E-state index is 11.4. The molecule has 0 atom stereocenters. The molecule has 1 saturated heterocycles. The number of carbonyl (C=O) groups is 1. The van der Waals surface area contributed by atoms with Gasteiger partial charge in [0, 0.05) is 32.7 Å². The van der Waals surface area contributed by atoms with Crippen molar-refractivity contribution in [3.05, 3.63) is 39.7 Å². The van der Waals surface area contributed by atoms with Crippen LogP contribution in [-0.4, -0.2) is 59.4 Å². The summed E-state index contributed by atoms with van der Waals surface area (Å²) in [6.07, 6.45) is 0. The second-order valence-corrected chi connectivity index (χ2v) is 9.86. The first-order valence-corrected chi connectivity index (χ1v) is 10.8. The Morgan fingerprint density at radius 3 is 2.55 bits per heavy atom. The van der Waals surface area contributed by atoms with Gasteiger partial charge in [-0.2, -0.15) is 0 Å². The van der Waals surface area contributed by atoms with Gasteiger partial charge in [-0.15, -0.1) is 24.8 Å². The molecule has 0 bridgehead atoms. The number of carboxylic acid groups (broad SMARTS) is 1. The van der Waals surface area contributed by atoms with Gasteiger partial charge in [0.2, 0.25) is 0 Å². The molecule has 2 aliphatic rings. The van der Waals surface area contributed by atoms with E-state index in [0.717, 1.165) is 59.6 Å². The average Bonchev–Trinajstić information content (AvgIpc) is 2.94. The van der Waals surface area contributed by atoms with Gasteiger partial charge in [0.05, 0.1) is 15.3 Å². The fourth-order valence-electron chi connectivity index (χ4n) is 3.63. The van der Waals surface area contributed by atoms with Crippen molar-refractivity contribution in [1.29, 1.82) is 0 Å². The summed E-state index contributed by atoms with van der Waals surface area (Å²) in [4.78, 5) is 20.8. The van der Waals surface area contributed by atoms with Crippen LogP contribution in [0.5, 0.6) is 10.8 Å². The molecule has 0 aliphatic carbocycles. The molecule has 1 aromatic carbocycles. The van der Waals surface area contributed by atoms with Crippen molar-refractivity contribution in [2.75, 3.05) is 32.7 Å². The number of hydrogen-bond acceptors (Lipinski definition) is 6. The number of nitrogens with zero attached hydrogens (tertiary/aromatic N) is 3. The molecule has 1 fully saturated rings. The summed E-state index contributed by atoms with van der Waals surface area (Å²) in [5.74, 6) is 0.833. The van der Waals surface area contributed by atoms with Crippen LogP contribution >= 0.6 is 47.8 Å². The van der Waals surface area contributed by atoms with Gasteiger partial charge in [-0.25, -0.2) is 4.99 Å². The second kappa shape index (κ2) is 9.96. The van der Waals surface area contributed by atoms with E-state index in [4.69, 9.17) is 21.3 Å². The monoisotopic (exact) mass is 505 g/mol. The maximum Gasteiger partial charge on any atom is 0.310 e. The molecule has 1 aromatic heterocycles. The van der Waals surface area contributed by atoms with Gasteiger partial charge in [-0.1, -0.05) is 29.0 Å². The van der Waals surface area contributed by atoms with Crippen molar-refractivity contribution in [1.82, 2.24) is 9.80 Å². The molecule has 0 spiro atoms. The fraction of sp³-hybridized carbons (Fsp3) is 0.429. The summed E-state index contributed by atoms with van der Waals surface area (Å²) < 4.78 is 6.82. The molecule has 170 valence electrons. The number of hydrogen-bond donors (Lipinski definition) is 1. The highest BCUT2D eigenvalue weighted by Gasteiger charge is 2.33. The molecular weight excluding hydrogens is 481 g/mol. The molecular formula is C21H26Cl3N3O3S. The van der Waals surface area contributed by atoms with Crippen LogP contribution < -0.4 is 4.74 Å². The number of ether oxygens (including phenoxy) is 1. The lowest BCUT2D eigenvalue weighted by Gasteiger charge is -2.38. The van der Waals surface area contributed by atoms with Crippen molar-refractivity contribution in [3.63, 3.8) is 0 Å². The van der Waals surface area contributed by atoms with Crippen LogP contribution in [0.25, 0.3) is 0 Å². The van der Waals surface area contributed by atoms with Crippen molar-refractivity contribution in [2.24, 2.45) is 10.4 Å². The van der Waals surface area contributed by atoms with E-state index in [9.17, 15) is 9.90 Å². The predicted molar refractivity (Wildman–Crippen MR) is 131 cm³/mol. The van der Waals surface area contributed by atoms with E-state index < -0.39 is 11.4 Å². The van der Waals surface area contributed by atoms with Gasteiger partial charge < -0.3 is 14.7 Å². The zero-order chi connectivity index (χ0) is 20.8. The number of aryl methyl sites for hydroxylation is 1. The molecule has 3 heterocycles. The topological polar surface area (TPSA) is 65.4 Å². The number of aliphatic imine (C=N–C) groups is 1. The van der Waals surface area contributed by atoms with Crippen LogP contribution in [0.1, 0.15) is 25.0 Å². The molecule has 2 aliphatic heterocycles. The Bertz CT molecular complexity index is 985. The third kappa shape index (κ3) is 5.46. The van der Waals surface area contributed by atoms with Crippen molar-refractivity contribution < 1.29 is 14.6 Å². The molecule has 1 N–H and O–H groups in total. The lowest BCUT2D eigenvalue weighted by molar-refractivity contribution is -0.148. The van der Waals surface area contributed by atoms with E-state index >= 15 is 0 Å². The standard InChI is InChI=1S/C21H24ClN3O3S.2ClH/c1-13-4-5-15-16(10-13)28-19-14(11-17(22)29-19)18(23-15)25-8-6-24(7-9-25)12-21(2,3)20(26)27;;/h4-5,10-11H,6-9,12H2,1-3H3,(H,26,27);2*1H. The highest BCUT2D eigenvalue weighted by atomic mass is 35.5. The number of piperazine rings is 1. The van der Waals surface area contributed by atoms with E-state index in [0.29, 0.717) is 10.9 Å². The van der Waals surface area contributed by atoms with Crippen LogP contribution in [-0.2, 0) is 4.79 Å². The summed E-state index contributed by atoms with van der Waals surface area (Å²) in [6, 6.07) is 7.92. The fourth-order valence-corrected chi connectivity index (χ4v) is 4.70. The van der Waals surface area contributed by atoms with Gasteiger partial charge >= 0.3 is 5.97 Å². The van der Waals surface area contributed by atoms with Crippen molar-refractivity contribution in [2.45, 2.75) is 20.8 Å². The minimum atomic E-state index is -0.769. The number of fused-ring (bicyclic) bond motifs is 2. The Kier molecular flexibility index (Phi) is 8.27. The van der Waals surface area contributed by atoms with E-state index in [1.807, 2.05) is 31.2 Å². The highest BCUT2D eigenvalue weighted by molar-refractivity contribution is 7.18. The lowest BCUT2D eigenvalue weighted by Crippen LogP contribution is -2.51. The smallest absolute Gasteiger partial charge is 0.310 e. The maximum absolute atomic E-state index is 11.4. The summed E-state index contributed by atoms with van der Waals surface area (Å²) in [5.41, 5.74) is 2.06. The molecule has 10 heteroatoms. The largest absolute Gasteiger partial charge is 0.481 e. The normalized spacial score (nSPS) is 16.0. The molecule has 0 saturated carbocycles. The number of halogens is 3. The predicted octanol–water partition coefficient (Wildman–Crippen LogP) is 5.47. The zero-order valence-electron chi connectivity index (χ0n) is 17.6. The number of carboxylic acids is 1. The molecule has 0 amide bonds. The molecule has 6 nitrogen and oxygen atoms in total. The van der Waals surface area contributed by atoms with Gasteiger partial charge in [0.25, 0.3) is 0 Å². The van der Waals surface area contributed by atoms with E-state index in [2.05, 4.69) is 9.80 Å². The van der Waals surface area contributed by atoms with E-state index in [1.54, 1.807) is 13.8 Å². The number of rotatable bonds is 3. The Morgan fingerprint density at radius 2 is 1.90 bits per heavy atom. The first kappa shape index (κ1) is 25.7. The summed E-state index contributed by atoms with van der Waals surface area (Å²) in [5, 5.41) is 10.2. The van der Waals surface area contributed by atoms with Crippen molar-refractivity contribution in [3.8, 4) is 10.8 Å². The van der Waals surface area contributed by atoms with Crippen LogP contribution in [0.15, 0.2) is 29.3 Å². The van der Waals surface area contributed by atoms with Gasteiger partial charge in [0.1, 0.15) is 11.5 Å². The van der Waals surface area contributed by atoms with Gasteiger partial charge in [0.15, 0.2) is 10.8 Å². The molecule has 0 unspecified atom stereocenters.